The summed E-state index contributed by atoms with van der Waals surface area (Å²) in [5.74, 6) is -0.962. The van der Waals surface area contributed by atoms with Crippen LogP contribution in [0, 0.1) is 0 Å². The molecule has 0 aliphatic heterocycles. The Balaban J connectivity index is 3.00. The first-order valence-electron chi connectivity index (χ1n) is 6.17. The van der Waals surface area contributed by atoms with Crippen LogP contribution < -0.4 is 0 Å². The largest absolute Gasteiger partial charge is 0.464 e. The predicted octanol–water partition coefficient (Wildman–Crippen LogP) is 3.10. The third kappa shape index (κ3) is 2.62. The van der Waals surface area contributed by atoms with Gasteiger partial charge in [-0.1, -0.05) is 27.5 Å². The number of Topliss-reactive ketones (excluding diaryl/α,β-unsaturated/α-hetero) is 1. The summed E-state index contributed by atoms with van der Waals surface area (Å²) in [6.45, 7) is 0. The molecule has 0 unspecified atom stereocenters. The van der Waals surface area contributed by atoms with Crippen LogP contribution in [0.1, 0.15) is 20.8 Å². The molecular weight excluding hydrogens is 376 g/mol. The van der Waals surface area contributed by atoms with E-state index in [9.17, 15) is 19.5 Å². The summed E-state index contributed by atoms with van der Waals surface area (Å²) in [7, 11) is 2.98. The number of aromatic nitrogens is 1. The Morgan fingerprint density at radius 1 is 1.32 bits per heavy atom. The van der Waals surface area contributed by atoms with E-state index in [0.717, 1.165) is 4.57 Å². The first-order valence-corrected chi connectivity index (χ1v) is 7.67. The number of halogens is 2. The van der Waals surface area contributed by atoms with Gasteiger partial charge in [0.05, 0.1) is 16.4 Å². The number of hydrogen-bond donors (Lipinski definition) is 1. The van der Waals surface area contributed by atoms with Crippen LogP contribution in [0.15, 0.2) is 18.2 Å². The molecule has 2 rings (SSSR count). The molecule has 0 fully saturated rings. The van der Waals surface area contributed by atoms with Crippen molar-refractivity contribution in [1.82, 2.24) is 9.47 Å². The van der Waals surface area contributed by atoms with E-state index in [1.807, 2.05) is 0 Å². The Kier molecular flexibility index (Phi) is 4.58. The van der Waals surface area contributed by atoms with Crippen molar-refractivity contribution in [2.45, 2.75) is 0 Å². The smallest absolute Gasteiger partial charge is 0.416 e. The maximum atomic E-state index is 12.4. The lowest BCUT2D eigenvalue weighted by atomic mass is 10.1. The Morgan fingerprint density at radius 2 is 1.95 bits per heavy atom. The molecule has 1 N–H and O–H groups in total. The lowest BCUT2D eigenvalue weighted by Crippen LogP contribution is -2.28. The fraction of sp³-hybridized carbons (Fsp3) is 0.214. The molecule has 116 valence electrons. The second-order valence-corrected chi connectivity index (χ2v) is 5.76. The maximum absolute atomic E-state index is 12.4. The van der Waals surface area contributed by atoms with E-state index in [1.165, 1.54) is 37.2 Å². The van der Waals surface area contributed by atoms with Crippen molar-refractivity contribution >= 4 is 56.2 Å². The minimum absolute atomic E-state index is 0.0358. The Labute approximate surface area is 139 Å². The standard InChI is InChI=1S/C14H12BrClN2O4/c1-17(2)13(20)12-11(10(19)6-15)8-5-7(16)3-4-9(8)18(12)14(21)22/h3-5H,6H2,1-2H3,(H,21,22). The van der Waals surface area contributed by atoms with Gasteiger partial charge in [0.25, 0.3) is 5.91 Å². The first kappa shape index (κ1) is 16.5. The number of ketones is 1. The molecule has 0 radical (unpaired) electrons. The average molecular weight is 388 g/mol. The molecule has 6 nitrogen and oxygen atoms in total. The van der Waals surface area contributed by atoms with Crippen LogP contribution in [0.5, 0.6) is 0 Å². The number of carboxylic acid groups (broad SMARTS) is 1. The molecule has 0 saturated heterocycles. The van der Waals surface area contributed by atoms with E-state index >= 15 is 0 Å². The van der Waals surface area contributed by atoms with Crippen molar-refractivity contribution in [3.05, 3.63) is 34.5 Å². The molecular formula is C14H12BrClN2O4. The minimum atomic E-state index is -1.34. The highest BCUT2D eigenvalue weighted by Crippen LogP contribution is 2.30. The van der Waals surface area contributed by atoms with Gasteiger partial charge in [-0.3, -0.25) is 9.59 Å². The van der Waals surface area contributed by atoms with Crippen molar-refractivity contribution in [1.29, 1.82) is 0 Å². The number of amides is 1. The minimum Gasteiger partial charge on any atom is -0.464 e. The molecule has 1 heterocycles. The topological polar surface area (TPSA) is 79.6 Å². The Hall–Kier alpha value is -1.86. The fourth-order valence-corrected chi connectivity index (χ4v) is 2.68. The summed E-state index contributed by atoms with van der Waals surface area (Å²) in [6, 6.07) is 4.47. The number of nitrogens with zero attached hydrogens (tertiary/aromatic N) is 2. The number of rotatable bonds is 3. The van der Waals surface area contributed by atoms with E-state index in [2.05, 4.69) is 15.9 Å². The molecule has 0 aliphatic carbocycles. The van der Waals surface area contributed by atoms with Crippen molar-refractivity contribution in [3.63, 3.8) is 0 Å². The lowest BCUT2D eigenvalue weighted by Gasteiger charge is -2.12. The van der Waals surface area contributed by atoms with E-state index < -0.39 is 17.8 Å². The van der Waals surface area contributed by atoms with Gasteiger partial charge in [-0.2, -0.15) is 0 Å². The van der Waals surface area contributed by atoms with Gasteiger partial charge < -0.3 is 10.0 Å². The van der Waals surface area contributed by atoms with Gasteiger partial charge in [0.15, 0.2) is 5.78 Å². The molecule has 8 heteroatoms. The van der Waals surface area contributed by atoms with Crippen LogP contribution in [0.2, 0.25) is 5.02 Å². The predicted molar refractivity (Wildman–Crippen MR) is 86.5 cm³/mol. The number of carbonyl (C=O) groups is 3. The van der Waals surface area contributed by atoms with Crippen molar-refractivity contribution in [2.24, 2.45) is 0 Å². The highest BCUT2D eigenvalue weighted by Gasteiger charge is 2.30. The number of benzene rings is 1. The molecule has 1 aromatic heterocycles. The molecule has 0 bridgehead atoms. The summed E-state index contributed by atoms with van der Waals surface area (Å²) in [6.07, 6.45) is -1.34. The van der Waals surface area contributed by atoms with Crippen molar-refractivity contribution in [2.75, 3.05) is 19.4 Å². The number of fused-ring (bicyclic) bond motifs is 1. The lowest BCUT2D eigenvalue weighted by molar-refractivity contribution is 0.0810. The van der Waals surface area contributed by atoms with Crippen LogP contribution in [0.25, 0.3) is 10.9 Å². The van der Waals surface area contributed by atoms with E-state index in [0.29, 0.717) is 10.4 Å². The third-order valence-corrected chi connectivity index (χ3v) is 3.87. The number of hydrogen-bond acceptors (Lipinski definition) is 3. The molecule has 1 amide bonds. The van der Waals surface area contributed by atoms with Crippen LogP contribution in [0.4, 0.5) is 4.79 Å². The Bertz CT molecular complexity index is 798. The zero-order valence-corrected chi connectivity index (χ0v) is 14.1. The molecule has 22 heavy (non-hydrogen) atoms. The van der Waals surface area contributed by atoms with Crippen molar-refractivity contribution in [3.8, 4) is 0 Å². The SMILES string of the molecule is CN(C)C(=O)c1c(C(=O)CBr)c2cc(Cl)ccc2n1C(=O)O. The van der Waals surface area contributed by atoms with Gasteiger partial charge in [-0.25, -0.2) is 9.36 Å². The van der Waals surface area contributed by atoms with Gasteiger partial charge in [0.2, 0.25) is 0 Å². The van der Waals surface area contributed by atoms with E-state index in [1.54, 1.807) is 0 Å². The molecule has 0 atom stereocenters. The zero-order valence-electron chi connectivity index (χ0n) is 11.8. The van der Waals surface area contributed by atoms with Crippen molar-refractivity contribution < 1.29 is 19.5 Å². The highest BCUT2D eigenvalue weighted by molar-refractivity contribution is 9.09. The van der Waals surface area contributed by atoms with Gasteiger partial charge in [0, 0.05) is 24.5 Å². The zero-order chi connectivity index (χ0) is 16.6. The third-order valence-electron chi connectivity index (χ3n) is 3.13. The number of carbonyl (C=O) groups excluding carboxylic acids is 2. The van der Waals surface area contributed by atoms with E-state index in [-0.39, 0.29) is 22.1 Å². The quantitative estimate of drug-likeness (QED) is 0.648. The normalized spacial score (nSPS) is 10.7. The molecule has 0 spiro atoms. The Morgan fingerprint density at radius 3 is 2.45 bits per heavy atom. The monoisotopic (exact) mass is 386 g/mol. The molecule has 0 aliphatic rings. The van der Waals surface area contributed by atoms with Crippen LogP contribution >= 0.6 is 27.5 Å². The second kappa shape index (κ2) is 6.10. The second-order valence-electron chi connectivity index (χ2n) is 4.76. The summed E-state index contributed by atoms with van der Waals surface area (Å²) in [5.41, 5.74) is 0.112. The highest BCUT2D eigenvalue weighted by atomic mass is 79.9. The van der Waals surface area contributed by atoms with Gasteiger partial charge in [-0.05, 0) is 18.2 Å². The van der Waals surface area contributed by atoms with Crippen LogP contribution in [-0.4, -0.2) is 51.8 Å². The maximum Gasteiger partial charge on any atom is 0.416 e. The summed E-state index contributed by atoms with van der Waals surface area (Å²) >= 11 is 9.01. The van der Waals surface area contributed by atoms with Crippen LogP contribution in [-0.2, 0) is 0 Å². The summed E-state index contributed by atoms with van der Waals surface area (Å²) < 4.78 is 0.823. The molecule has 0 saturated carbocycles. The molecule has 1 aromatic carbocycles. The summed E-state index contributed by atoms with van der Waals surface area (Å²) in [4.78, 5) is 37.5. The number of alkyl halides is 1. The molecule has 2 aromatic rings. The fourth-order valence-electron chi connectivity index (χ4n) is 2.23. The average Bonchev–Trinajstić information content (AvgIpc) is 2.79. The van der Waals surface area contributed by atoms with E-state index in [4.69, 9.17) is 11.6 Å². The van der Waals surface area contributed by atoms with Gasteiger partial charge >= 0.3 is 6.09 Å². The van der Waals surface area contributed by atoms with Crippen LogP contribution in [0.3, 0.4) is 0 Å². The first-order chi connectivity index (χ1) is 10.3. The van der Waals surface area contributed by atoms with Gasteiger partial charge in [0.1, 0.15) is 5.69 Å². The summed E-state index contributed by atoms with van der Waals surface area (Å²) in [5, 5.41) is 10.1. The van der Waals surface area contributed by atoms with Gasteiger partial charge in [-0.15, -0.1) is 0 Å².